The van der Waals surface area contributed by atoms with E-state index < -0.39 is 0 Å². The van der Waals surface area contributed by atoms with Gasteiger partial charge in [-0.3, -0.25) is 0 Å². The third-order valence-corrected chi connectivity index (χ3v) is 1.53. The Morgan fingerprint density at radius 2 is 2.60 bits per heavy atom. The highest BCUT2D eigenvalue weighted by molar-refractivity contribution is 5.85. The maximum absolute atomic E-state index is 10.9. The van der Waals surface area contributed by atoms with Crippen molar-refractivity contribution >= 4 is 5.97 Å². The number of cyclic esters (lactones) is 1. The lowest BCUT2D eigenvalue weighted by atomic mass is 10.4. The van der Waals surface area contributed by atoms with Crippen molar-refractivity contribution in [3.63, 3.8) is 0 Å². The number of hydrogen-bond acceptors (Lipinski definition) is 2. The van der Waals surface area contributed by atoms with Gasteiger partial charge in [0.15, 0.2) is 0 Å². The van der Waals surface area contributed by atoms with E-state index in [1.807, 2.05) is 4.57 Å². The largest absolute Gasteiger partial charge is 0.455 e. The van der Waals surface area contributed by atoms with Crippen LogP contribution in [0, 0.1) is 0 Å². The number of hydrogen-bond donors (Lipinski definition) is 1. The second kappa shape index (κ2) is 1.83. The molecule has 4 heteroatoms. The topological polar surface area (TPSA) is 46.0 Å². The van der Waals surface area contributed by atoms with Crippen molar-refractivity contribution in [3.8, 4) is 0 Å². The van der Waals surface area contributed by atoms with Crippen molar-refractivity contribution in [2.24, 2.45) is 0 Å². The minimum absolute atomic E-state index is 0.243. The summed E-state index contributed by atoms with van der Waals surface area (Å²) in [6, 6.07) is 0. The summed E-state index contributed by atoms with van der Waals surface area (Å²) in [4.78, 5) is 13.7. The van der Waals surface area contributed by atoms with E-state index >= 15 is 0 Å². The predicted molar refractivity (Wildman–Crippen MR) is 31.3 cm³/mol. The van der Waals surface area contributed by atoms with E-state index in [-0.39, 0.29) is 5.97 Å². The Hall–Kier alpha value is -1.32. The fraction of sp³-hybridized carbons (Fsp3) is 0.333. The Morgan fingerprint density at radius 1 is 1.70 bits per heavy atom. The summed E-state index contributed by atoms with van der Waals surface area (Å²) >= 11 is 0. The molecule has 0 atom stereocenters. The van der Waals surface area contributed by atoms with Gasteiger partial charge in [0, 0.05) is 0 Å². The lowest BCUT2D eigenvalue weighted by molar-refractivity contribution is -0.703. The van der Waals surface area contributed by atoms with Gasteiger partial charge in [-0.2, -0.15) is 0 Å². The average Bonchev–Trinajstić information content (AvgIpc) is 2.36. The SMILES string of the molecule is O=C1OCC[n+]2c[nH]cc21. The summed E-state index contributed by atoms with van der Waals surface area (Å²) < 4.78 is 6.62. The Balaban J connectivity index is 2.50. The molecule has 0 saturated carbocycles. The van der Waals surface area contributed by atoms with Crippen molar-refractivity contribution in [1.29, 1.82) is 0 Å². The third-order valence-electron chi connectivity index (χ3n) is 1.53. The molecule has 1 N–H and O–H groups in total. The molecule has 2 heterocycles. The van der Waals surface area contributed by atoms with Gasteiger partial charge in [-0.05, 0) is 0 Å². The van der Waals surface area contributed by atoms with Crippen molar-refractivity contribution in [2.75, 3.05) is 6.61 Å². The van der Waals surface area contributed by atoms with Gasteiger partial charge in [0.2, 0.25) is 6.33 Å². The smallest absolute Gasteiger partial charge is 0.382 e. The Bertz CT molecular complexity index is 266. The van der Waals surface area contributed by atoms with Crippen LogP contribution in [0.15, 0.2) is 12.5 Å². The van der Waals surface area contributed by atoms with Crippen LogP contribution in [0.2, 0.25) is 0 Å². The van der Waals surface area contributed by atoms with Gasteiger partial charge >= 0.3 is 5.97 Å². The predicted octanol–water partition coefficient (Wildman–Crippen LogP) is -0.527. The van der Waals surface area contributed by atoms with Gasteiger partial charge in [-0.15, -0.1) is 0 Å². The van der Waals surface area contributed by atoms with Crippen molar-refractivity contribution in [1.82, 2.24) is 4.98 Å². The van der Waals surface area contributed by atoms with Crippen LogP contribution in [0.1, 0.15) is 10.5 Å². The minimum atomic E-state index is -0.243. The first kappa shape index (κ1) is 5.46. The minimum Gasteiger partial charge on any atom is -0.455 e. The molecule has 0 fully saturated rings. The van der Waals surface area contributed by atoms with Crippen LogP contribution in [0.3, 0.4) is 0 Å². The Morgan fingerprint density at radius 3 is 3.40 bits per heavy atom. The normalized spacial score (nSPS) is 16.2. The van der Waals surface area contributed by atoms with Gasteiger partial charge in [0.1, 0.15) is 19.3 Å². The number of aromatic amines is 1. The number of rotatable bonds is 0. The molecule has 0 bridgehead atoms. The molecule has 0 spiro atoms. The molecule has 0 saturated heterocycles. The van der Waals surface area contributed by atoms with E-state index in [0.29, 0.717) is 12.3 Å². The number of carbonyl (C=O) groups excluding carboxylic acids is 1. The van der Waals surface area contributed by atoms with Crippen LogP contribution in [-0.2, 0) is 11.3 Å². The van der Waals surface area contributed by atoms with E-state index in [1.165, 1.54) is 0 Å². The maximum Gasteiger partial charge on any atom is 0.382 e. The van der Waals surface area contributed by atoms with Crippen molar-refractivity contribution in [3.05, 3.63) is 18.2 Å². The zero-order valence-corrected chi connectivity index (χ0v) is 5.33. The molecular formula is C6H7N2O2+. The summed E-state index contributed by atoms with van der Waals surface area (Å²) in [7, 11) is 0. The monoisotopic (exact) mass is 139 g/mol. The number of H-pyrrole nitrogens is 1. The van der Waals surface area contributed by atoms with Crippen LogP contribution in [0.5, 0.6) is 0 Å². The van der Waals surface area contributed by atoms with Gasteiger partial charge in [-0.1, -0.05) is 0 Å². The quantitative estimate of drug-likeness (QED) is 0.388. The Kier molecular flexibility index (Phi) is 1.00. The molecule has 0 aliphatic carbocycles. The summed E-state index contributed by atoms with van der Waals surface area (Å²) in [6.07, 6.45) is 3.40. The van der Waals surface area contributed by atoms with Crippen LogP contribution in [0.25, 0.3) is 0 Å². The zero-order valence-electron chi connectivity index (χ0n) is 5.33. The molecule has 1 aliphatic rings. The van der Waals surface area contributed by atoms with E-state index in [0.717, 1.165) is 6.54 Å². The number of imidazole rings is 1. The third kappa shape index (κ3) is 0.618. The summed E-state index contributed by atoms with van der Waals surface area (Å²) in [5, 5.41) is 0. The highest BCUT2D eigenvalue weighted by Gasteiger charge is 2.23. The first-order valence-corrected chi connectivity index (χ1v) is 3.11. The molecule has 2 rings (SSSR count). The first-order valence-electron chi connectivity index (χ1n) is 3.11. The van der Waals surface area contributed by atoms with E-state index in [9.17, 15) is 4.79 Å². The molecular weight excluding hydrogens is 132 g/mol. The molecule has 0 amide bonds. The fourth-order valence-electron chi connectivity index (χ4n) is 1.03. The lowest BCUT2D eigenvalue weighted by Gasteiger charge is -2.07. The molecule has 52 valence electrons. The number of nitrogens with zero attached hydrogens (tertiary/aromatic N) is 1. The summed E-state index contributed by atoms with van der Waals surface area (Å²) in [5.74, 6) is -0.243. The van der Waals surface area contributed by atoms with Crippen LogP contribution < -0.4 is 4.57 Å². The summed E-state index contributed by atoms with van der Waals surface area (Å²) in [5.41, 5.74) is 0.603. The molecule has 0 unspecified atom stereocenters. The van der Waals surface area contributed by atoms with E-state index in [2.05, 4.69) is 4.98 Å². The molecule has 0 radical (unpaired) electrons. The molecule has 4 nitrogen and oxygen atoms in total. The highest BCUT2D eigenvalue weighted by Crippen LogP contribution is 1.97. The molecule has 1 aromatic heterocycles. The van der Waals surface area contributed by atoms with Crippen molar-refractivity contribution < 1.29 is 14.1 Å². The lowest BCUT2D eigenvalue weighted by Crippen LogP contribution is -2.44. The number of carbonyl (C=O) groups is 1. The average molecular weight is 139 g/mol. The molecule has 0 aromatic carbocycles. The maximum atomic E-state index is 10.9. The number of fused-ring (bicyclic) bond motifs is 1. The standard InChI is InChI=1S/C6H6N2O2/c9-6-5-3-7-4-8(5)1-2-10-6/h3-4H,1-2H2/p+1. The number of ether oxygens (including phenoxy) is 1. The van der Waals surface area contributed by atoms with Crippen LogP contribution in [-0.4, -0.2) is 17.6 Å². The molecule has 10 heavy (non-hydrogen) atoms. The first-order chi connectivity index (χ1) is 4.88. The number of esters is 1. The van der Waals surface area contributed by atoms with Gasteiger partial charge < -0.3 is 4.74 Å². The summed E-state index contributed by atoms with van der Waals surface area (Å²) in [6.45, 7) is 1.24. The zero-order chi connectivity index (χ0) is 6.97. The molecule has 1 aliphatic heterocycles. The number of nitrogens with one attached hydrogen (secondary N) is 1. The van der Waals surface area contributed by atoms with E-state index in [1.54, 1.807) is 12.5 Å². The van der Waals surface area contributed by atoms with Gasteiger partial charge in [0.25, 0.3) is 5.69 Å². The van der Waals surface area contributed by atoms with Gasteiger partial charge in [0.05, 0.1) is 0 Å². The highest BCUT2D eigenvalue weighted by atomic mass is 16.5. The fourth-order valence-corrected chi connectivity index (χ4v) is 1.03. The molecule has 1 aromatic rings. The Labute approximate surface area is 57.4 Å². The second-order valence-corrected chi connectivity index (χ2v) is 2.15. The van der Waals surface area contributed by atoms with Crippen LogP contribution in [0.4, 0.5) is 0 Å². The second-order valence-electron chi connectivity index (χ2n) is 2.15. The van der Waals surface area contributed by atoms with Gasteiger partial charge in [-0.25, -0.2) is 14.3 Å². The van der Waals surface area contributed by atoms with Crippen molar-refractivity contribution in [2.45, 2.75) is 6.54 Å². The van der Waals surface area contributed by atoms with E-state index in [4.69, 9.17) is 4.74 Å². The van der Waals surface area contributed by atoms with Crippen LogP contribution >= 0.6 is 0 Å². The number of aromatic nitrogens is 2.